The third-order valence-electron chi connectivity index (χ3n) is 3.47. The van der Waals surface area contributed by atoms with Crippen LogP contribution in [0.5, 0.6) is 0 Å². The first kappa shape index (κ1) is 11.0. The number of hydrogen-bond donors (Lipinski definition) is 2. The van der Waals surface area contributed by atoms with E-state index >= 15 is 0 Å². The second kappa shape index (κ2) is 2.72. The van der Waals surface area contributed by atoms with Gasteiger partial charge < -0.3 is 10.2 Å². The Kier molecular flexibility index (Phi) is 2.14. The van der Waals surface area contributed by atoms with Crippen molar-refractivity contribution in [3.63, 3.8) is 0 Å². The van der Waals surface area contributed by atoms with Crippen molar-refractivity contribution in [1.82, 2.24) is 0 Å². The van der Waals surface area contributed by atoms with Crippen molar-refractivity contribution in [2.75, 3.05) is 0 Å². The molecular weight excluding hydrogens is 184 g/mol. The van der Waals surface area contributed by atoms with E-state index in [9.17, 15) is 9.59 Å². The topological polar surface area (TPSA) is 74.6 Å². The van der Waals surface area contributed by atoms with Crippen LogP contribution in [0.1, 0.15) is 27.7 Å². The first-order chi connectivity index (χ1) is 6.13. The first-order valence-corrected chi connectivity index (χ1v) is 4.59. The highest BCUT2D eigenvalue weighted by Gasteiger charge is 2.67. The van der Waals surface area contributed by atoms with Gasteiger partial charge in [0.05, 0.1) is 11.8 Å². The maximum atomic E-state index is 11.0. The Morgan fingerprint density at radius 3 is 1.21 bits per heavy atom. The van der Waals surface area contributed by atoms with Crippen molar-refractivity contribution >= 4 is 11.9 Å². The van der Waals surface area contributed by atoms with Crippen LogP contribution in [0.2, 0.25) is 0 Å². The fourth-order valence-electron chi connectivity index (χ4n) is 3.43. The van der Waals surface area contributed by atoms with Gasteiger partial charge in [-0.15, -0.1) is 0 Å². The molecule has 0 unspecified atom stereocenters. The Morgan fingerprint density at radius 1 is 0.857 bits per heavy atom. The minimum absolute atomic E-state index is 0.587. The number of aliphatic carboxylic acids is 2. The highest BCUT2D eigenvalue weighted by molar-refractivity contribution is 5.82. The highest BCUT2D eigenvalue weighted by Crippen LogP contribution is 2.63. The summed E-state index contributed by atoms with van der Waals surface area (Å²) in [6.45, 7) is 6.82. The first-order valence-electron chi connectivity index (χ1n) is 4.59. The Balaban J connectivity index is 3.07. The van der Waals surface area contributed by atoms with Crippen LogP contribution in [-0.4, -0.2) is 22.2 Å². The fourth-order valence-corrected chi connectivity index (χ4v) is 3.43. The maximum absolute atomic E-state index is 11.0. The average Bonchev–Trinajstić information content (AvgIpc) is 1.77. The second-order valence-corrected chi connectivity index (χ2v) is 5.19. The van der Waals surface area contributed by atoms with Crippen LogP contribution in [0.3, 0.4) is 0 Å². The van der Waals surface area contributed by atoms with Gasteiger partial charge in [0.15, 0.2) is 0 Å². The molecule has 0 atom stereocenters. The van der Waals surface area contributed by atoms with Crippen LogP contribution in [0.25, 0.3) is 0 Å². The molecule has 80 valence electrons. The maximum Gasteiger partial charge on any atom is 0.307 e. The summed E-state index contributed by atoms with van der Waals surface area (Å²) in [7, 11) is 0. The molecule has 1 aliphatic carbocycles. The molecule has 1 saturated carbocycles. The van der Waals surface area contributed by atoms with Crippen molar-refractivity contribution in [3.8, 4) is 0 Å². The van der Waals surface area contributed by atoms with E-state index < -0.39 is 34.6 Å². The molecule has 0 saturated heterocycles. The molecule has 0 bridgehead atoms. The highest BCUT2D eigenvalue weighted by atomic mass is 16.4. The number of rotatable bonds is 2. The monoisotopic (exact) mass is 200 g/mol. The minimum Gasteiger partial charge on any atom is -0.481 e. The molecule has 2 N–H and O–H groups in total. The lowest BCUT2D eigenvalue weighted by Crippen LogP contribution is -2.64. The summed E-state index contributed by atoms with van der Waals surface area (Å²) in [6, 6.07) is 0. The largest absolute Gasteiger partial charge is 0.481 e. The molecule has 0 amide bonds. The van der Waals surface area contributed by atoms with Crippen LogP contribution in [-0.2, 0) is 9.59 Å². The third kappa shape index (κ3) is 1.13. The SMILES string of the molecule is CC1(C)C(C(=O)O)C(C)(C)C1C(=O)O. The number of carboxylic acid groups (broad SMARTS) is 2. The van der Waals surface area contributed by atoms with Gasteiger partial charge >= 0.3 is 11.9 Å². The van der Waals surface area contributed by atoms with E-state index in [-0.39, 0.29) is 0 Å². The van der Waals surface area contributed by atoms with Crippen LogP contribution in [0.15, 0.2) is 0 Å². The molecule has 14 heavy (non-hydrogen) atoms. The molecule has 0 heterocycles. The van der Waals surface area contributed by atoms with Gasteiger partial charge in [-0.05, 0) is 10.8 Å². The van der Waals surface area contributed by atoms with Gasteiger partial charge in [0.1, 0.15) is 0 Å². The second-order valence-electron chi connectivity index (χ2n) is 5.19. The summed E-state index contributed by atoms with van der Waals surface area (Å²) in [5.74, 6) is -2.98. The van der Waals surface area contributed by atoms with E-state index in [0.29, 0.717) is 0 Å². The zero-order valence-electron chi connectivity index (χ0n) is 8.87. The number of carbonyl (C=O) groups is 2. The predicted molar refractivity (Wildman–Crippen MR) is 49.8 cm³/mol. The summed E-state index contributed by atoms with van der Waals surface area (Å²) in [6.07, 6.45) is 0. The van der Waals surface area contributed by atoms with E-state index in [1.165, 1.54) is 0 Å². The Bertz CT molecular complexity index is 248. The molecule has 1 aliphatic rings. The van der Waals surface area contributed by atoms with E-state index in [4.69, 9.17) is 10.2 Å². The predicted octanol–water partition coefficient (Wildman–Crippen LogP) is 1.45. The van der Waals surface area contributed by atoms with Gasteiger partial charge in [0.2, 0.25) is 0 Å². The van der Waals surface area contributed by atoms with E-state index in [1.807, 2.05) is 0 Å². The summed E-state index contributed by atoms with van der Waals surface area (Å²) in [4.78, 5) is 22.0. The van der Waals surface area contributed by atoms with Crippen LogP contribution >= 0.6 is 0 Å². The van der Waals surface area contributed by atoms with Crippen molar-refractivity contribution < 1.29 is 19.8 Å². The smallest absolute Gasteiger partial charge is 0.307 e. The number of carboxylic acids is 2. The standard InChI is InChI=1S/C10H16O4/c1-9(2)5(7(11)12)10(3,4)6(9)8(13)14/h5-6H,1-4H3,(H,11,12)(H,13,14). The summed E-state index contributed by atoms with van der Waals surface area (Å²) in [5, 5.41) is 18.0. The zero-order valence-corrected chi connectivity index (χ0v) is 8.87. The molecule has 4 heteroatoms. The molecule has 0 aromatic rings. The van der Waals surface area contributed by atoms with E-state index in [2.05, 4.69) is 0 Å². The van der Waals surface area contributed by atoms with E-state index in [1.54, 1.807) is 27.7 Å². The van der Waals surface area contributed by atoms with Gasteiger partial charge in [-0.2, -0.15) is 0 Å². The zero-order chi connectivity index (χ0) is 11.3. The molecule has 0 aromatic heterocycles. The summed E-state index contributed by atoms with van der Waals surface area (Å²) < 4.78 is 0. The van der Waals surface area contributed by atoms with Gasteiger partial charge in [-0.1, -0.05) is 27.7 Å². The summed E-state index contributed by atoms with van der Waals surface area (Å²) >= 11 is 0. The normalized spacial score (nSPS) is 33.1. The minimum atomic E-state index is -0.905. The van der Waals surface area contributed by atoms with Crippen molar-refractivity contribution in [2.45, 2.75) is 27.7 Å². The Morgan fingerprint density at radius 2 is 1.07 bits per heavy atom. The molecule has 0 aromatic carbocycles. The van der Waals surface area contributed by atoms with Gasteiger partial charge in [-0.25, -0.2) is 0 Å². The average molecular weight is 200 g/mol. The lowest BCUT2D eigenvalue weighted by atomic mass is 9.41. The molecular formula is C10H16O4. The Labute approximate surface area is 82.9 Å². The lowest BCUT2D eigenvalue weighted by Gasteiger charge is -2.60. The van der Waals surface area contributed by atoms with Crippen LogP contribution < -0.4 is 0 Å². The molecule has 0 spiro atoms. The number of hydrogen-bond acceptors (Lipinski definition) is 2. The van der Waals surface area contributed by atoms with Gasteiger partial charge in [-0.3, -0.25) is 9.59 Å². The van der Waals surface area contributed by atoms with Crippen LogP contribution in [0.4, 0.5) is 0 Å². The quantitative estimate of drug-likeness (QED) is 0.707. The molecule has 0 aliphatic heterocycles. The molecule has 4 nitrogen and oxygen atoms in total. The van der Waals surface area contributed by atoms with Gasteiger partial charge in [0.25, 0.3) is 0 Å². The Hall–Kier alpha value is -1.06. The van der Waals surface area contributed by atoms with Crippen molar-refractivity contribution in [3.05, 3.63) is 0 Å². The lowest BCUT2D eigenvalue weighted by molar-refractivity contribution is -0.206. The third-order valence-corrected chi connectivity index (χ3v) is 3.47. The van der Waals surface area contributed by atoms with Gasteiger partial charge in [0, 0.05) is 0 Å². The fraction of sp³-hybridized carbons (Fsp3) is 0.800. The molecule has 1 fully saturated rings. The summed E-state index contributed by atoms with van der Waals surface area (Å²) in [5.41, 5.74) is -1.33. The van der Waals surface area contributed by atoms with E-state index in [0.717, 1.165) is 0 Å². The van der Waals surface area contributed by atoms with Crippen molar-refractivity contribution in [1.29, 1.82) is 0 Å². The van der Waals surface area contributed by atoms with Crippen molar-refractivity contribution in [2.24, 2.45) is 22.7 Å². The molecule has 1 rings (SSSR count). The molecule has 0 radical (unpaired) electrons. The van der Waals surface area contributed by atoms with Crippen LogP contribution in [0, 0.1) is 22.7 Å².